The molecule has 0 aliphatic rings. The van der Waals surface area contributed by atoms with Crippen molar-refractivity contribution >= 4 is 0 Å². The van der Waals surface area contributed by atoms with E-state index in [2.05, 4.69) is 0 Å². The van der Waals surface area contributed by atoms with Crippen molar-refractivity contribution < 1.29 is 32.0 Å². The Morgan fingerprint density at radius 3 is 1.43 bits per heavy atom. The van der Waals surface area contributed by atoms with Gasteiger partial charge in [0.15, 0.2) is 0 Å². The second-order valence-corrected chi connectivity index (χ2v) is 1.02. The van der Waals surface area contributed by atoms with E-state index in [1.165, 1.54) is 0 Å². The minimum absolute atomic E-state index is 0. The molecule has 7 heavy (non-hydrogen) atoms. The maximum Gasteiger partial charge on any atom is 0 e. The zero-order valence-corrected chi connectivity index (χ0v) is 5.52. The molecule has 0 aromatic carbocycles. The van der Waals surface area contributed by atoms with Crippen molar-refractivity contribution in [2.75, 3.05) is 0 Å². The van der Waals surface area contributed by atoms with E-state index in [4.69, 9.17) is 10.5 Å². The van der Waals surface area contributed by atoms with Gasteiger partial charge in [0.25, 0.3) is 0 Å². The van der Waals surface area contributed by atoms with Crippen molar-refractivity contribution in [2.45, 2.75) is 0 Å². The van der Waals surface area contributed by atoms with Crippen LogP contribution in [0.1, 0.15) is 0 Å². The summed E-state index contributed by atoms with van der Waals surface area (Å²) >= 11 is 0. The van der Waals surface area contributed by atoms with Crippen LogP contribution in [-0.4, -0.2) is 0 Å². The molecule has 0 aliphatic heterocycles. The van der Waals surface area contributed by atoms with Gasteiger partial charge in [-0.25, -0.2) is 0 Å². The van der Waals surface area contributed by atoms with Gasteiger partial charge in [-0.3, -0.25) is 0 Å². The molecule has 0 rings (SSSR count). The van der Waals surface area contributed by atoms with E-state index in [1.807, 2.05) is 0 Å². The Morgan fingerprint density at radius 2 is 1.43 bits per heavy atom. The number of hydrogen-bond acceptors (Lipinski definition) is 3. The molecule has 0 aromatic heterocycles. The fourth-order valence-electron chi connectivity index (χ4n) is 0.0177. The summed E-state index contributed by atoms with van der Waals surface area (Å²) in [4.78, 5) is 3.31. The second-order valence-electron chi connectivity index (χ2n) is 0.247. The average molecular weight is 181 g/mol. The molecule has 3 N–H and O–H groups in total. The SMILES string of the molecule is N.N#[C][Fe][C]#N.[Fe]. The Hall–Kier alpha value is -0.0210. The van der Waals surface area contributed by atoms with Gasteiger partial charge in [0.05, 0.1) is 0 Å². The predicted molar refractivity (Wildman–Crippen MR) is 16.2 cm³/mol. The molecule has 0 spiro atoms. The second kappa shape index (κ2) is 16.7. The quantitative estimate of drug-likeness (QED) is 0.541. The molecule has 0 radical (unpaired) electrons. The number of nitrogens with zero attached hydrogens (tertiary/aromatic N) is 2. The molecule has 42 valence electrons. The van der Waals surface area contributed by atoms with Gasteiger partial charge in [-0.15, -0.1) is 0 Å². The van der Waals surface area contributed by atoms with Gasteiger partial charge in [0, 0.05) is 17.1 Å². The fraction of sp³-hybridized carbons (Fsp3) is 0. The van der Waals surface area contributed by atoms with Crippen LogP contribution >= 0.6 is 0 Å². The molecule has 0 fully saturated rings. The van der Waals surface area contributed by atoms with Crippen molar-refractivity contribution in [3.63, 3.8) is 0 Å². The average Bonchev–Trinajstić information content (AvgIpc) is 1.41. The molecule has 3 nitrogen and oxygen atoms in total. The van der Waals surface area contributed by atoms with E-state index in [1.54, 1.807) is 9.94 Å². The van der Waals surface area contributed by atoms with Crippen molar-refractivity contribution in [1.82, 2.24) is 6.15 Å². The van der Waals surface area contributed by atoms with Crippen LogP contribution in [0.2, 0.25) is 0 Å². The zero-order valence-electron chi connectivity index (χ0n) is 3.31. The molecule has 0 amide bonds. The van der Waals surface area contributed by atoms with Crippen LogP contribution in [0.25, 0.3) is 0 Å². The van der Waals surface area contributed by atoms with Crippen molar-refractivity contribution in [2.24, 2.45) is 0 Å². The first-order valence-corrected chi connectivity index (χ1v) is 1.90. The molecule has 0 aromatic rings. The predicted octanol–water partition coefficient (Wildman–Crippen LogP) is 0.191. The number of nitriles is 2. The standard InChI is InChI=1S/2CN.2Fe.H3N/c2*1-2;;;/h;;;;1H3. The summed E-state index contributed by atoms with van der Waals surface area (Å²) in [5, 5.41) is 15.2. The number of hydrogen-bond donors (Lipinski definition) is 1. The van der Waals surface area contributed by atoms with Crippen molar-refractivity contribution in [3.8, 4) is 9.94 Å². The van der Waals surface area contributed by atoms with Gasteiger partial charge < -0.3 is 6.15 Å². The van der Waals surface area contributed by atoms with Crippen LogP contribution in [-0.2, 0) is 32.0 Å². The molecule has 0 aliphatic carbocycles. The van der Waals surface area contributed by atoms with E-state index < -0.39 is 0 Å². The van der Waals surface area contributed by atoms with Gasteiger partial charge >= 0.3 is 35.4 Å². The monoisotopic (exact) mass is 181 g/mol. The molecule has 0 heterocycles. The smallest absolute Gasteiger partial charge is 0 e. The van der Waals surface area contributed by atoms with Crippen molar-refractivity contribution in [1.29, 1.82) is 10.5 Å². The van der Waals surface area contributed by atoms with Crippen LogP contribution in [0.15, 0.2) is 0 Å². The molecule has 5 heteroatoms. The normalized spacial score (nSPS) is 3.71. The molecule has 0 unspecified atom stereocenters. The van der Waals surface area contributed by atoms with Gasteiger partial charge in [-0.2, -0.15) is 0 Å². The van der Waals surface area contributed by atoms with Crippen LogP contribution < -0.4 is 6.15 Å². The van der Waals surface area contributed by atoms with E-state index in [-0.39, 0.29) is 38.2 Å². The van der Waals surface area contributed by atoms with Gasteiger partial charge in [0.2, 0.25) is 0 Å². The molecule has 0 atom stereocenters. The first-order chi connectivity index (χ1) is 2.41. The molecular formula is C2H3Fe2N3. The maximum atomic E-state index is 7.59. The summed E-state index contributed by atoms with van der Waals surface area (Å²) in [6, 6.07) is 0. The van der Waals surface area contributed by atoms with Crippen LogP contribution in [0.5, 0.6) is 0 Å². The summed E-state index contributed by atoms with van der Waals surface area (Å²) in [7, 11) is 0. The Balaban J connectivity index is -0.0000000800. The Bertz CT molecular complexity index is 76.1. The third kappa shape index (κ3) is 24.2. The number of rotatable bonds is 0. The summed E-state index contributed by atoms with van der Waals surface area (Å²) in [6.45, 7) is 0. The first kappa shape index (κ1) is 15.8. The zero-order chi connectivity index (χ0) is 4.12. The van der Waals surface area contributed by atoms with E-state index in [0.29, 0.717) is 0 Å². The van der Waals surface area contributed by atoms with E-state index in [0.717, 1.165) is 0 Å². The van der Waals surface area contributed by atoms with Crippen LogP contribution in [0.3, 0.4) is 0 Å². The van der Waals surface area contributed by atoms with Gasteiger partial charge in [-0.1, -0.05) is 0 Å². The molecular weight excluding hydrogens is 178 g/mol. The summed E-state index contributed by atoms with van der Waals surface area (Å²) in [5.41, 5.74) is 0. The van der Waals surface area contributed by atoms with Gasteiger partial charge in [0.1, 0.15) is 0 Å². The Kier molecular flexibility index (Phi) is 37.6. The summed E-state index contributed by atoms with van der Waals surface area (Å²) in [5.74, 6) is 0. The van der Waals surface area contributed by atoms with E-state index >= 15 is 0 Å². The van der Waals surface area contributed by atoms with Crippen molar-refractivity contribution in [3.05, 3.63) is 0 Å². The van der Waals surface area contributed by atoms with Gasteiger partial charge in [-0.05, 0) is 0 Å². The van der Waals surface area contributed by atoms with E-state index in [9.17, 15) is 0 Å². The molecule has 0 saturated heterocycles. The largest absolute Gasteiger partial charge is 0 e. The minimum Gasteiger partial charge on any atom is 0 e. The summed E-state index contributed by atoms with van der Waals surface area (Å²) in [6.07, 6.45) is 0. The summed E-state index contributed by atoms with van der Waals surface area (Å²) < 4.78 is 0. The van der Waals surface area contributed by atoms with Crippen LogP contribution in [0, 0.1) is 20.5 Å². The van der Waals surface area contributed by atoms with Crippen LogP contribution in [0.4, 0.5) is 0 Å². The third-order valence-electron chi connectivity index (χ3n) is 0.0791. The third-order valence-corrected chi connectivity index (χ3v) is 0.326. The fourth-order valence-corrected chi connectivity index (χ4v) is 0.0729. The maximum absolute atomic E-state index is 7.59. The molecule has 0 bridgehead atoms. The first-order valence-electron chi connectivity index (χ1n) is 0.801. The molecule has 0 saturated carbocycles. The Labute approximate surface area is 58.9 Å². The minimum atomic E-state index is 0. The Morgan fingerprint density at radius 1 is 1.14 bits per heavy atom. The topological polar surface area (TPSA) is 82.6 Å².